The zero-order valence-corrected chi connectivity index (χ0v) is 11.3. The van der Waals surface area contributed by atoms with Crippen molar-refractivity contribution in [3.63, 3.8) is 0 Å². The summed E-state index contributed by atoms with van der Waals surface area (Å²) in [4.78, 5) is 0. The van der Waals surface area contributed by atoms with Crippen LogP contribution in [-0.2, 0) is 0 Å². The SMILES string of the molecule is CC(CS)COc1cc(Cl)c(Cl)cc1Cl. The number of ether oxygens (including phenoxy) is 1. The van der Waals surface area contributed by atoms with Crippen LogP contribution in [0.25, 0.3) is 0 Å². The van der Waals surface area contributed by atoms with E-state index in [0.29, 0.717) is 33.3 Å². The number of hydrogen-bond donors (Lipinski definition) is 1. The lowest BCUT2D eigenvalue weighted by molar-refractivity contribution is 0.274. The monoisotopic (exact) mass is 284 g/mol. The van der Waals surface area contributed by atoms with Crippen molar-refractivity contribution in [2.24, 2.45) is 5.92 Å². The highest BCUT2D eigenvalue weighted by atomic mass is 35.5. The van der Waals surface area contributed by atoms with E-state index in [4.69, 9.17) is 39.5 Å². The third-order valence-electron chi connectivity index (χ3n) is 1.81. The summed E-state index contributed by atoms with van der Waals surface area (Å²) < 4.78 is 5.50. The minimum absolute atomic E-state index is 0.360. The molecule has 1 aromatic carbocycles. The highest BCUT2D eigenvalue weighted by molar-refractivity contribution is 7.80. The van der Waals surface area contributed by atoms with Crippen LogP contribution in [0.15, 0.2) is 12.1 Å². The van der Waals surface area contributed by atoms with Gasteiger partial charge < -0.3 is 4.74 Å². The van der Waals surface area contributed by atoms with Gasteiger partial charge in [-0.2, -0.15) is 12.6 Å². The Labute approximate surface area is 110 Å². The van der Waals surface area contributed by atoms with Crippen LogP contribution in [0, 0.1) is 5.92 Å². The highest BCUT2D eigenvalue weighted by Gasteiger charge is 2.08. The van der Waals surface area contributed by atoms with E-state index >= 15 is 0 Å². The van der Waals surface area contributed by atoms with Crippen molar-refractivity contribution in [3.8, 4) is 5.75 Å². The summed E-state index contributed by atoms with van der Waals surface area (Å²) in [5, 5.41) is 1.33. The Morgan fingerprint density at radius 2 is 1.80 bits per heavy atom. The molecule has 15 heavy (non-hydrogen) atoms. The van der Waals surface area contributed by atoms with Crippen LogP contribution in [0.1, 0.15) is 6.92 Å². The van der Waals surface area contributed by atoms with E-state index in [1.165, 1.54) is 0 Å². The number of benzene rings is 1. The molecule has 0 bridgehead atoms. The molecule has 0 heterocycles. The molecule has 5 heteroatoms. The van der Waals surface area contributed by atoms with Crippen LogP contribution in [0.4, 0.5) is 0 Å². The molecule has 0 aliphatic carbocycles. The van der Waals surface area contributed by atoms with E-state index in [1.807, 2.05) is 6.92 Å². The summed E-state index contributed by atoms with van der Waals surface area (Å²) in [6.45, 7) is 2.60. The molecule has 1 atom stereocenters. The van der Waals surface area contributed by atoms with Crippen molar-refractivity contribution >= 4 is 47.4 Å². The Hall–Kier alpha value is 0.240. The minimum atomic E-state index is 0.360. The van der Waals surface area contributed by atoms with Crippen LogP contribution < -0.4 is 4.74 Å². The second kappa shape index (κ2) is 6.09. The fourth-order valence-electron chi connectivity index (χ4n) is 0.900. The molecule has 1 rings (SSSR count). The first-order valence-corrected chi connectivity index (χ1v) is 6.19. The van der Waals surface area contributed by atoms with Gasteiger partial charge in [0.05, 0.1) is 21.7 Å². The summed E-state index contributed by atoms with van der Waals surface area (Å²) in [6, 6.07) is 3.20. The lowest BCUT2D eigenvalue weighted by Gasteiger charge is -2.12. The predicted octanol–water partition coefficient (Wildman–Crippen LogP) is 4.59. The molecule has 1 unspecified atom stereocenters. The maximum absolute atomic E-state index is 5.94. The average Bonchev–Trinajstić information content (AvgIpc) is 2.21. The molecule has 0 amide bonds. The first-order valence-electron chi connectivity index (χ1n) is 4.42. The first-order chi connectivity index (χ1) is 7.04. The van der Waals surface area contributed by atoms with Gasteiger partial charge in [0, 0.05) is 6.07 Å². The maximum atomic E-state index is 5.94. The molecule has 0 saturated heterocycles. The molecule has 0 N–H and O–H groups in total. The second-order valence-electron chi connectivity index (χ2n) is 3.30. The summed E-state index contributed by atoms with van der Waals surface area (Å²) in [5.74, 6) is 1.68. The fourth-order valence-corrected chi connectivity index (χ4v) is 1.60. The number of hydrogen-bond acceptors (Lipinski definition) is 2. The second-order valence-corrected chi connectivity index (χ2v) is 4.88. The van der Waals surface area contributed by atoms with Crippen LogP contribution in [-0.4, -0.2) is 12.4 Å². The largest absolute Gasteiger partial charge is 0.492 e. The van der Waals surface area contributed by atoms with Crippen LogP contribution in [0.2, 0.25) is 15.1 Å². The van der Waals surface area contributed by atoms with E-state index < -0.39 is 0 Å². The van der Waals surface area contributed by atoms with Crippen molar-refractivity contribution in [3.05, 3.63) is 27.2 Å². The average molecular weight is 286 g/mol. The molecule has 0 radical (unpaired) electrons. The van der Waals surface area contributed by atoms with E-state index in [2.05, 4.69) is 12.6 Å². The minimum Gasteiger partial charge on any atom is -0.492 e. The summed E-state index contributed by atoms with van der Waals surface area (Å²) in [5.41, 5.74) is 0. The third kappa shape index (κ3) is 3.95. The Balaban J connectivity index is 2.73. The van der Waals surface area contributed by atoms with Gasteiger partial charge in [0.1, 0.15) is 5.75 Å². The zero-order chi connectivity index (χ0) is 11.4. The van der Waals surface area contributed by atoms with Gasteiger partial charge in [-0.1, -0.05) is 41.7 Å². The molecule has 0 spiro atoms. The number of thiol groups is 1. The smallest absolute Gasteiger partial charge is 0.139 e. The van der Waals surface area contributed by atoms with E-state index in [-0.39, 0.29) is 0 Å². The van der Waals surface area contributed by atoms with Crippen LogP contribution in [0.5, 0.6) is 5.75 Å². The Kier molecular flexibility index (Phi) is 5.41. The van der Waals surface area contributed by atoms with Crippen LogP contribution in [0.3, 0.4) is 0 Å². The van der Waals surface area contributed by atoms with E-state index in [1.54, 1.807) is 12.1 Å². The Bertz CT molecular complexity index is 344. The molecule has 0 saturated carbocycles. The van der Waals surface area contributed by atoms with Crippen molar-refractivity contribution in [1.82, 2.24) is 0 Å². The lowest BCUT2D eigenvalue weighted by Crippen LogP contribution is -2.09. The standard InChI is InChI=1S/C10H11Cl3OS/c1-6(5-15)4-14-10-3-8(12)7(11)2-9(10)13/h2-3,6,15H,4-5H2,1H3. The quantitative estimate of drug-likeness (QED) is 0.629. The molecular weight excluding hydrogens is 275 g/mol. The van der Waals surface area contributed by atoms with Gasteiger partial charge in [-0.15, -0.1) is 0 Å². The topological polar surface area (TPSA) is 9.23 Å². The van der Waals surface area contributed by atoms with Crippen molar-refractivity contribution in [2.75, 3.05) is 12.4 Å². The molecule has 0 aromatic heterocycles. The fraction of sp³-hybridized carbons (Fsp3) is 0.400. The molecule has 1 nitrogen and oxygen atoms in total. The van der Waals surface area contributed by atoms with Gasteiger partial charge >= 0.3 is 0 Å². The highest BCUT2D eigenvalue weighted by Crippen LogP contribution is 2.33. The van der Waals surface area contributed by atoms with Crippen molar-refractivity contribution in [1.29, 1.82) is 0 Å². The number of halogens is 3. The van der Waals surface area contributed by atoms with Gasteiger partial charge in [0.25, 0.3) is 0 Å². The Morgan fingerprint density at radius 3 is 2.40 bits per heavy atom. The van der Waals surface area contributed by atoms with Crippen molar-refractivity contribution < 1.29 is 4.74 Å². The molecule has 0 aliphatic heterocycles. The third-order valence-corrected chi connectivity index (χ3v) is 3.45. The molecule has 0 aliphatic rings. The van der Waals surface area contributed by atoms with Gasteiger partial charge in [-0.05, 0) is 17.7 Å². The van der Waals surface area contributed by atoms with Gasteiger partial charge in [-0.25, -0.2) is 0 Å². The molecule has 1 aromatic rings. The predicted molar refractivity (Wildman–Crippen MR) is 70.0 cm³/mol. The molecular formula is C10H11Cl3OS. The van der Waals surface area contributed by atoms with E-state index in [9.17, 15) is 0 Å². The Morgan fingerprint density at radius 1 is 1.20 bits per heavy atom. The molecule has 84 valence electrons. The van der Waals surface area contributed by atoms with Gasteiger partial charge in [-0.3, -0.25) is 0 Å². The lowest BCUT2D eigenvalue weighted by atomic mass is 10.2. The van der Waals surface area contributed by atoms with Crippen LogP contribution >= 0.6 is 47.4 Å². The number of rotatable bonds is 4. The molecule has 0 fully saturated rings. The van der Waals surface area contributed by atoms with E-state index in [0.717, 1.165) is 5.75 Å². The van der Waals surface area contributed by atoms with Gasteiger partial charge in [0.15, 0.2) is 0 Å². The maximum Gasteiger partial charge on any atom is 0.139 e. The first kappa shape index (κ1) is 13.3. The van der Waals surface area contributed by atoms with Gasteiger partial charge in [0.2, 0.25) is 0 Å². The summed E-state index contributed by atoms with van der Waals surface area (Å²) >= 11 is 21.7. The zero-order valence-electron chi connectivity index (χ0n) is 8.14. The van der Waals surface area contributed by atoms with Crippen molar-refractivity contribution in [2.45, 2.75) is 6.92 Å². The normalized spacial score (nSPS) is 12.6. The summed E-state index contributed by atoms with van der Waals surface area (Å²) in [6.07, 6.45) is 0. The summed E-state index contributed by atoms with van der Waals surface area (Å²) in [7, 11) is 0.